The minimum absolute atomic E-state index is 0.00830. The topological polar surface area (TPSA) is 87.7 Å². The summed E-state index contributed by atoms with van der Waals surface area (Å²) in [4.78, 5) is 22.8. The molecule has 0 aliphatic heterocycles. The summed E-state index contributed by atoms with van der Waals surface area (Å²) < 4.78 is 5.75. The average Bonchev–Trinajstić information content (AvgIpc) is 3.28. The molecule has 6 heteroatoms. The summed E-state index contributed by atoms with van der Waals surface area (Å²) in [6.07, 6.45) is 2.77. The van der Waals surface area contributed by atoms with Gasteiger partial charge in [0.15, 0.2) is 0 Å². The largest absolute Gasteiger partial charge is 0.491 e. The SMILES string of the molecule is CC(C)(CCC(=O)O)NC(=O)Nc1ccccc1OCC1CC1. The predicted molar refractivity (Wildman–Crippen MR) is 87.8 cm³/mol. The van der Waals surface area contributed by atoms with Crippen LogP contribution in [0, 0.1) is 5.92 Å². The lowest BCUT2D eigenvalue weighted by atomic mass is 9.99. The van der Waals surface area contributed by atoms with E-state index in [4.69, 9.17) is 9.84 Å². The number of amides is 2. The summed E-state index contributed by atoms with van der Waals surface area (Å²) >= 11 is 0. The van der Waals surface area contributed by atoms with Crippen molar-refractivity contribution < 1.29 is 19.4 Å². The molecule has 0 spiro atoms. The van der Waals surface area contributed by atoms with E-state index in [2.05, 4.69) is 10.6 Å². The molecule has 1 aromatic rings. The van der Waals surface area contributed by atoms with Crippen LogP contribution in [0.2, 0.25) is 0 Å². The molecule has 0 unspecified atom stereocenters. The van der Waals surface area contributed by atoms with Gasteiger partial charge >= 0.3 is 12.0 Å². The summed E-state index contributed by atoms with van der Waals surface area (Å²) in [5.74, 6) is 0.406. The average molecular weight is 320 g/mol. The lowest BCUT2D eigenvalue weighted by molar-refractivity contribution is -0.137. The minimum Gasteiger partial charge on any atom is -0.491 e. The van der Waals surface area contributed by atoms with E-state index in [0.717, 1.165) is 0 Å². The highest BCUT2D eigenvalue weighted by Gasteiger charge is 2.24. The highest BCUT2D eigenvalue weighted by Crippen LogP contribution is 2.31. The molecule has 2 amide bonds. The molecule has 0 heterocycles. The Balaban J connectivity index is 1.89. The quantitative estimate of drug-likeness (QED) is 0.686. The van der Waals surface area contributed by atoms with Crippen molar-refractivity contribution in [2.75, 3.05) is 11.9 Å². The number of para-hydroxylation sites is 2. The molecular formula is C17H24N2O4. The van der Waals surface area contributed by atoms with Crippen molar-refractivity contribution in [3.05, 3.63) is 24.3 Å². The van der Waals surface area contributed by atoms with Gasteiger partial charge in [-0.2, -0.15) is 0 Å². The molecule has 1 aliphatic rings. The molecule has 2 rings (SSSR count). The van der Waals surface area contributed by atoms with Gasteiger partial charge in [-0.25, -0.2) is 4.79 Å². The molecule has 1 saturated carbocycles. The highest BCUT2D eigenvalue weighted by molar-refractivity contribution is 5.91. The summed E-state index contributed by atoms with van der Waals surface area (Å²) in [5, 5.41) is 14.3. The normalized spacial score (nSPS) is 14.2. The fraction of sp³-hybridized carbons (Fsp3) is 0.529. The monoisotopic (exact) mass is 320 g/mol. The number of nitrogens with one attached hydrogen (secondary N) is 2. The van der Waals surface area contributed by atoms with Gasteiger partial charge in [-0.3, -0.25) is 4.79 Å². The van der Waals surface area contributed by atoms with Gasteiger partial charge in [0, 0.05) is 12.0 Å². The van der Waals surface area contributed by atoms with Crippen LogP contribution in [-0.2, 0) is 4.79 Å². The van der Waals surface area contributed by atoms with Crippen LogP contribution in [0.3, 0.4) is 0 Å². The second kappa shape index (κ2) is 7.35. The van der Waals surface area contributed by atoms with Crippen LogP contribution in [0.1, 0.15) is 39.5 Å². The first-order valence-electron chi connectivity index (χ1n) is 7.88. The number of carboxylic acids is 1. The maximum atomic E-state index is 12.2. The number of urea groups is 1. The third-order valence-corrected chi connectivity index (χ3v) is 3.72. The van der Waals surface area contributed by atoms with Gasteiger partial charge in [-0.15, -0.1) is 0 Å². The van der Waals surface area contributed by atoms with Crippen molar-refractivity contribution in [3.8, 4) is 5.75 Å². The second-order valence-corrected chi connectivity index (χ2v) is 6.61. The van der Waals surface area contributed by atoms with E-state index in [1.54, 1.807) is 19.9 Å². The van der Waals surface area contributed by atoms with Crippen LogP contribution in [0.25, 0.3) is 0 Å². The van der Waals surface area contributed by atoms with Gasteiger partial charge in [0.1, 0.15) is 5.75 Å². The molecule has 6 nitrogen and oxygen atoms in total. The van der Waals surface area contributed by atoms with Crippen molar-refractivity contribution in [2.45, 2.75) is 45.1 Å². The maximum Gasteiger partial charge on any atom is 0.319 e. The lowest BCUT2D eigenvalue weighted by Crippen LogP contribution is -2.45. The van der Waals surface area contributed by atoms with Crippen LogP contribution in [0.4, 0.5) is 10.5 Å². The van der Waals surface area contributed by atoms with Gasteiger partial charge in [0.2, 0.25) is 0 Å². The zero-order valence-corrected chi connectivity index (χ0v) is 13.6. The van der Waals surface area contributed by atoms with E-state index in [1.165, 1.54) is 12.8 Å². The molecule has 0 aromatic heterocycles. The number of aliphatic carboxylic acids is 1. The summed E-state index contributed by atoms with van der Waals surface area (Å²) in [6.45, 7) is 4.26. The molecular weight excluding hydrogens is 296 g/mol. The number of anilines is 1. The molecule has 3 N–H and O–H groups in total. The van der Waals surface area contributed by atoms with Gasteiger partial charge < -0.3 is 20.5 Å². The van der Waals surface area contributed by atoms with E-state index in [9.17, 15) is 9.59 Å². The summed E-state index contributed by atoms with van der Waals surface area (Å²) in [7, 11) is 0. The van der Waals surface area contributed by atoms with E-state index in [0.29, 0.717) is 30.4 Å². The third-order valence-electron chi connectivity index (χ3n) is 3.72. The molecule has 0 bridgehead atoms. The molecule has 0 radical (unpaired) electrons. The van der Waals surface area contributed by atoms with Crippen molar-refractivity contribution >= 4 is 17.7 Å². The Morgan fingerprint density at radius 3 is 2.65 bits per heavy atom. The van der Waals surface area contributed by atoms with Gasteiger partial charge in [0.25, 0.3) is 0 Å². The number of rotatable bonds is 8. The molecule has 0 atom stereocenters. The number of hydrogen-bond acceptors (Lipinski definition) is 3. The van der Waals surface area contributed by atoms with E-state index in [1.807, 2.05) is 18.2 Å². The minimum atomic E-state index is -0.876. The Bertz CT molecular complexity index is 567. The fourth-order valence-electron chi connectivity index (χ4n) is 2.13. The maximum absolute atomic E-state index is 12.2. The second-order valence-electron chi connectivity index (χ2n) is 6.61. The molecule has 23 heavy (non-hydrogen) atoms. The number of ether oxygens (including phenoxy) is 1. The number of carbonyl (C=O) groups is 2. The van der Waals surface area contributed by atoms with Gasteiger partial charge in [-0.1, -0.05) is 12.1 Å². The number of hydrogen-bond donors (Lipinski definition) is 3. The van der Waals surface area contributed by atoms with Crippen LogP contribution in [-0.4, -0.2) is 29.3 Å². The standard InChI is InChI=1S/C17H24N2O4/c1-17(2,10-9-15(20)21)19-16(22)18-13-5-3-4-6-14(13)23-11-12-7-8-12/h3-6,12H,7-11H2,1-2H3,(H,20,21)(H2,18,19,22). The third kappa shape index (κ3) is 6.18. The summed E-state index contributed by atoms with van der Waals surface area (Å²) in [5.41, 5.74) is 0.00594. The molecule has 1 aromatic carbocycles. The molecule has 126 valence electrons. The summed E-state index contributed by atoms with van der Waals surface area (Å²) in [6, 6.07) is 6.93. The van der Waals surface area contributed by atoms with Crippen molar-refractivity contribution in [3.63, 3.8) is 0 Å². The lowest BCUT2D eigenvalue weighted by Gasteiger charge is -2.26. The Kier molecular flexibility index (Phi) is 5.47. The zero-order valence-electron chi connectivity index (χ0n) is 13.6. The van der Waals surface area contributed by atoms with Crippen LogP contribution >= 0.6 is 0 Å². The van der Waals surface area contributed by atoms with Crippen molar-refractivity contribution in [1.82, 2.24) is 5.32 Å². The molecule has 0 saturated heterocycles. The fourth-order valence-corrected chi connectivity index (χ4v) is 2.13. The van der Waals surface area contributed by atoms with Crippen molar-refractivity contribution in [2.24, 2.45) is 5.92 Å². The first kappa shape index (κ1) is 17.1. The van der Waals surface area contributed by atoms with Crippen molar-refractivity contribution in [1.29, 1.82) is 0 Å². The first-order valence-corrected chi connectivity index (χ1v) is 7.88. The Morgan fingerprint density at radius 1 is 1.30 bits per heavy atom. The smallest absolute Gasteiger partial charge is 0.319 e. The van der Waals surface area contributed by atoms with Crippen LogP contribution < -0.4 is 15.4 Å². The first-order chi connectivity index (χ1) is 10.9. The van der Waals surface area contributed by atoms with E-state index in [-0.39, 0.29) is 12.5 Å². The Hall–Kier alpha value is -2.24. The predicted octanol–water partition coefficient (Wildman–Crippen LogP) is 3.24. The van der Waals surface area contributed by atoms with Gasteiger partial charge in [0.05, 0.1) is 12.3 Å². The number of benzene rings is 1. The highest BCUT2D eigenvalue weighted by atomic mass is 16.5. The van der Waals surface area contributed by atoms with Gasteiger partial charge in [-0.05, 0) is 51.2 Å². The van der Waals surface area contributed by atoms with E-state index < -0.39 is 11.5 Å². The number of carboxylic acid groups (broad SMARTS) is 1. The zero-order chi connectivity index (χ0) is 16.9. The van der Waals surface area contributed by atoms with E-state index >= 15 is 0 Å². The molecule has 1 fully saturated rings. The Morgan fingerprint density at radius 2 is 2.00 bits per heavy atom. The van der Waals surface area contributed by atoms with Crippen LogP contribution in [0.5, 0.6) is 5.75 Å². The molecule has 1 aliphatic carbocycles. The Labute approximate surface area is 136 Å². The van der Waals surface area contributed by atoms with Crippen LogP contribution in [0.15, 0.2) is 24.3 Å². The number of carbonyl (C=O) groups excluding carboxylic acids is 1.